The zero-order valence-electron chi connectivity index (χ0n) is 17.5. The molecule has 1 aliphatic rings. The number of aromatic nitrogens is 1. The van der Waals surface area contributed by atoms with E-state index in [9.17, 15) is 13.2 Å². The van der Waals surface area contributed by atoms with Crippen molar-refractivity contribution in [1.29, 1.82) is 0 Å². The molecule has 1 fully saturated rings. The van der Waals surface area contributed by atoms with Gasteiger partial charge in [0.1, 0.15) is 10.6 Å². The standard InChI is InChI=1S/C20H28N4O4S/c1-13-12-17(23(4)5)6-7-18(13)21-20(25)16-8-10-24(11-9-16)29(26,27)19-14(2)22-28-15(19)3/h6-7,12,16H,8-11H2,1-5H3,(H,21,25). The number of aryl methyl sites for hydroxylation is 3. The first-order valence-electron chi connectivity index (χ1n) is 9.63. The lowest BCUT2D eigenvalue weighted by Gasteiger charge is -2.30. The molecule has 29 heavy (non-hydrogen) atoms. The molecule has 0 radical (unpaired) electrons. The highest BCUT2D eigenvalue weighted by molar-refractivity contribution is 7.89. The van der Waals surface area contributed by atoms with Crippen LogP contribution in [0, 0.1) is 26.7 Å². The molecule has 0 atom stereocenters. The molecule has 9 heteroatoms. The Labute approximate surface area is 171 Å². The molecule has 158 valence electrons. The van der Waals surface area contributed by atoms with Crippen LogP contribution < -0.4 is 10.2 Å². The van der Waals surface area contributed by atoms with E-state index in [1.165, 1.54) is 4.31 Å². The van der Waals surface area contributed by atoms with Gasteiger partial charge in [0.05, 0.1) is 0 Å². The molecule has 1 aromatic carbocycles. The molecule has 0 spiro atoms. The van der Waals surface area contributed by atoms with E-state index in [4.69, 9.17) is 4.52 Å². The molecule has 8 nitrogen and oxygen atoms in total. The third kappa shape index (κ3) is 4.30. The largest absolute Gasteiger partial charge is 0.378 e. The van der Waals surface area contributed by atoms with Gasteiger partial charge < -0.3 is 14.7 Å². The summed E-state index contributed by atoms with van der Waals surface area (Å²) in [6, 6.07) is 5.88. The van der Waals surface area contributed by atoms with Crippen LogP contribution in [0.1, 0.15) is 29.9 Å². The fraction of sp³-hybridized carbons (Fsp3) is 0.500. The molecule has 0 unspecified atom stereocenters. The molecule has 1 N–H and O–H groups in total. The summed E-state index contributed by atoms with van der Waals surface area (Å²) in [6.45, 7) is 5.76. The van der Waals surface area contributed by atoms with Crippen molar-refractivity contribution in [2.24, 2.45) is 5.92 Å². The van der Waals surface area contributed by atoms with E-state index in [0.717, 1.165) is 16.9 Å². The zero-order valence-corrected chi connectivity index (χ0v) is 18.3. The summed E-state index contributed by atoms with van der Waals surface area (Å²) in [6.07, 6.45) is 0.951. The molecule has 2 heterocycles. The first kappa shape index (κ1) is 21.3. The fourth-order valence-electron chi connectivity index (χ4n) is 3.63. The van der Waals surface area contributed by atoms with Crippen LogP contribution in [0.25, 0.3) is 0 Å². The predicted molar refractivity (Wildman–Crippen MR) is 112 cm³/mol. The van der Waals surface area contributed by atoms with E-state index in [-0.39, 0.29) is 16.7 Å². The van der Waals surface area contributed by atoms with Gasteiger partial charge in [0.15, 0.2) is 5.76 Å². The quantitative estimate of drug-likeness (QED) is 0.799. The average molecular weight is 421 g/mol. The number of hydrogen-bond donors (Lipinski definition) is 1. The summed E-state index contributed by atoms with van der Waals surface area (Å²) < 4.78 is 32.2. The number of piperidine rings is 1. The van der Waals surface area contributed by atoms with Crippen LogP contribution in [0.4, 0.5) is 11.4 Å². The van der Waals surface area contributed by atoms with Crippen LogP contribution in [0.3, 0.4) is 0 Å². The van der Waals surface area contributed by atoms with Gasteiger partial charge in [0.25, 0.3) is 0 Å². The second-order valence-electron chi connectivity index (χ2n) is 7.71. The van der Waals surface area contributed by atoms with Crippen molar-refractivity contribution in [1.82, 2.24) is 9.46 Å². The second-order valence-corrected chi connectivity index (χ2v) is 9.59. The number of carbonyl (C=O) groups excluding carboxylic acids is 1. The Kier molecular flexibility index (Phi) is 6.00. The number of hydrogen-bond acceptors (Lipinski definition) is 6. The number of anilines is 2. The molecule has 1 saturated heterocycles. The van der Waals surface area contributed by atoms with Crippen LogP contribution in [-0.4, -0.2) is 51.0 Å². The summed E-state index contributed by atoms with van der Waals surface area (Å²) in [5, 5.41) is 6.74. The smallest absolute Gasteiger partial charge is 0.248 e. The highest BCUT2D eigenvalue weighted by Gasteiger charge is 2.35. The first-order valence-corrected chi connectivity index (χ1v) is 11.1. The maximum atomic E-state index is 12.9. The van der Waals surface area contributed by atoms with E-state index in [1.807, 2.05) is 44.1 Å². The number of sulfonamides is 1. The van der Waals surface area contributed by atoms with Crippen LogP contribution in [0.5, 0.6) is 0 Å². The van der Waals surface area contributed by atoms with Crippen molar-refractivity contribution in [3.8, 4) is 0 Å². The van der Waals surface area contributed by atoms with Crippen molar-refractivity contribution in [3.63, 3.8) is 0 Å². The van der Waals surface area contributed by atoms with Crippen LogP contribution in [-0.2, 0) is 14.8 Å². The third-order valence-electron chi connectivity index (χ3n) is 5.37. The monoisotopic (exact) mass is 420 g/mol. The predicted octanol–water partition coefficient (Wildman–Crippen LogP) is 2.71. The van der Waals surface area contributed by atoms with E-state index in [1.54, 1.807) is 13.8 Å². The Hall–Kier alpha value is -2.39. The van der Waals surface area contributed by atoms with E-state index in [2.05, 4.69) is 10.5 Å². The second kappa shape index (κ2) is 8.16. The van der Waals surface area contributed by atoms with Crippen molar-refractivity contribution in [2.45, 2.75) is 38.5 Å². The molecule has 3 rings (SSSR count). The van der Waals surface area contributed by atoms with Gasteiger partial charge in [0.2, 0.25) is 15.9 Å². The lowest BCUT2D eigenvalue weighted by Crippen LogP contribution is -2.41. The van der Waals surface area contributed by atoms with E-state index < -0.39 is 10.0 Å². The highest BCUT2D eigenvalue weighted by Crippen LogP contribution is 2.29. The lowest BCUT2D eigenvalue weighted by molar-refractivity contribution is -0.120. The summed E-state index contributed by atoms with van der Waals surface area (Å²) in [4.78, 5) is 14.9. The van der Waals surface area contributed by atoms with Gasteiger partial charge in [-0.15, -0.1) is 0 Å². The molecule has 0 saturated carbocycles. The molecule has 1 aromatic heterocycles. The Morgan fingerprint density at radius 2 is 1.86 bits per heavy atom. The van der Waals surface area contributed by atoms with Gasteiger partial charge in [-0.05, 0) is 57.4 Å². The Bertz CT molecular complexity index is 986. The number of carbonyl (C=O) groups is 1. The average Bonchev–Trinajstić information content (AvgIpc) is 3.02. The lowest BCUT2D eigenvalue weighted by atomic mass is 9.97. The molecule has 0 bridgehead atoms. The van der Waals surface area contributed by atoms with Crippen molar-refractivity contribution in [2.75, 3.05) is 37.4 Å². The Morgan fingerprint density at radius 3 is 2.38 bits per heavy atom. The summed E-state index contributed by atoms with van der Waals surface area (Å²) in [5.74, 6) is -0.00172. The minimum absolute atomic E-state index is 0.0694. The first-order chi connectivity index (χ1) is 13.6. The molecular weight excluding hydrogens is 392 g/mol. The number of amides is 1. The van der Waals surface area contributed by atoms with Gasteiger partial charge in [0, 0.05) is 44.5 Å². The van der Waals surface area contributed by atoms with Crippen LogP contribution in [0.2, 0.25) is 0 Å². The number of nitrogens with zero attached hydrogens (tertiary/aromatic N) is 3. The van der Waals surface area contributed by atoms with Gasteiger partial charge in [-0.1, -0.05) is 5.16 Å². The highest BCUT2D eigenvalue weighted by atomic mass is 32.2. The minimum Gasteiger partial charge on any atom is -0.378 e. The van der Waals surface area contributed by atoms with Crippen molar-refractivity contribution >= 4 is 27.3 Å². The zero-order chi connectivity index (χ0) is 21.3. The summed E-state index contributed by atoms with van der Waals surface area (Å²) in [5.41, 5.74) is 3.20. The summed E-state index contributed by atoms with van der Waals surface area (Å²) >= 11 is 0. The molecule has 2 aromatic rings. The Balaban J connectivity index is 1.64. The maximum Gasteiger partial charge on any atom is 0.248 e. The maximum absolute atomic E-state index is 12.9. The SMILES string of the molecule is Cc1cc(N(C)C)ccc1NC(=O)C1CCN(S(=O)(=O)c2c(C)noc2C)CC1. The Morgan fingerprint density at radius 1 is 1.21 bits per heavy atom. The molecule has 0 aliphatic carbocycles. The van der Waals surface area contributed by atoms with Crippen LogP contribution >= 0.6 is 0 Å². The normalized spacial score (nSPS) is 16.0. The minimum atomic E-state index is -3.67. The number of rotatable bonds is 5. The van der Waals surface area contributed by atoms with Gasteiger partial charge in [-0.25, -0.2) is 8.42 Å². The van der Waals surface area contributed by atoms with Gasteiger partial charge in [-0.2, -0.15) is 4.31 Å². The van der Waals surface area contributed by atoms with E-state index >= 15 is 0 Å². The fourth-order valence-corrected chi connectivity index (χ4v) is 5.39. The topological polar surface area (TPSA) is 95.8 Å². The van der Waals surface area contributed by atoms with Gasteiger partial charge >= 0.3 is 0 Å². The number of nitrogens with one attached hydrogen (secondary N) is 1. The molecule has 1 aliphatic heterocycles. The van der Waals surface area contributed by atoms with Gasteiger partial charge in [-0.3, -0.25) is 4.79 Å². The number of benzene rings is 1. The van der Waals surface area contributed by atoms with E-state index in [0.29, 0.717) is 37.4 Å². The molecule has 1 amide bonds. The molecular formula is C20H28N4O4S. The van der Waals surface area contributed by atoms with Crippen molar-refractivity contribution in [3.05, 3.63) is 35.2 Å². The van der Waals surface area contributed by atoms with Crippen LogP contribution in [0.15, 0.2) is 27.6 Å². The van der Waals surface area contributed by atoms with Crippen molar-refractivity contribution < 1.29 is 17.7 Å². The third-order valence-corrected chi connectivity index (χ3v) is 7.52. The summed E-state index contributed by atoms with van der Waals surface area (Å²) in [7, 11) is 0.272.